The van der Waals surface area contributed by atoms with E-state index in [9.17, 15) is 4.79 Å². The van der Waals surface area contributed by atoms with Gasteiger partial charge in [0.25, 0.3) is 0 Å². The zero-order valence-corrected chi connectivity index (χ0v) is 9.95. The number of amides is 1. The van der Waals surface area contributed by atoms with Crippen LogP contribution < -0.4 is 5.73 Å². The molecular weight excluding hydrogens is 234 g/mol. The fourth-order valence-corrected chi connectivity index (χ4v) is 2.05. The van der Waals surface area contributed by atoms with Crippen molar-refractivity contribution in [2.45, 2.75) is 6.42 Å². The summed E-state index contributed by atoms with van der Waals surface area (Å²) in [4.78, 5) is 10.7. The van der Waals surface area contributed by atoms with Gasteiger partial charge in [0, 0.05) is 16.8 Å². The molecule has 0 heterocycles. The molecule has 0 aliphatic rings. The SMILES string of the molecule is NC(=O)CC=Cc1cccc2cccc(Cl)c12. The molecule has 86 valence electrons. The summed E-state index contributed by atoms with van der Waals surface area (Å²) in [6, 6.07) is 11.7. The molecule has 1 amide bonds. The molecule has 2 aromatic rings. The minimum Gasteiger partial charge on any atom is -0.369 e. The summed E-state index contributed by atoms with van der Waals surface area (Å²) in [7, 11) is 0. The monoisotopic (exact) mass is 245 g/mol. The van der Waals surface area contributed by atoms with Gasteiger partial charge in [-0.25, -0.2) is 0 Å². The number of hydrogen-bond acceptors (Lipinski definition) is 1. The molecule has 0 spiro atoms. The van der Waals surface area contributed by atoms with Crippen LogP contribution in [0.4, 0.5) is 0 Å². The van der Waals surface area contributed by atoms with Crippen LogP contribution in [-0.2, 0) is 4.79 Å². The van der Waals surface area contributed by atoms with E-state index in [1.807, 2.05) is 42.5 Å². The van der Waals surface area contributed by atoms with Crippen molar-refractivity contribution in [3.8, 4) is 0 Å². The van der Waals surface area contributed by atoms with Crippen molar-refractivity contribution < 1.29 is 4.79 Å². The van der Waals surface area contributed by atoms with Crippen LogP contribution in [0.1, 0.15) is 12.0 Å². The van der Waals surface area contributed by atoms with Gasteiger partial charge < -0.3 is 5.73 Å². The van der Waals surface area contributed by atoms with Crippen LogP contribution in [0.15, 0.2) is 42.5 Å². The Balaban J connectivity index is 2.47. The Labute approximate surface area is 105 Å². The van der Waals surface area contributed by atoms with Gasteiger partial charge in [0.05, 0.1) is 0 Å². The van der Waals surface area contributed by atoms with E-state index in [0.29, 0.717) is 5.02 Å². The Morgan fingerprint density at radius 3 is 2.65 bits per heavy atom. The fraction of sp³-hybridized carbons (Fsp3) is 0.0714. The first kappa shape index (κ1) is 11.7. The summed E-state index contributed by atoms with van der Waals surface area (Å²) in [6.07, 6.45) is 3.86. The third-order valence-electron chi connectivity index (χ3n) is 2.50. The van der Waals surface area contributed by atoms with Gasteiger partial charge in [-0.1, -0.05) is 54.1 Å². The highest BCUT2D eigenvalue weighted by atomic mass is 35.5. The number of carbonyl (C=O) groups excluding carboxylic acids is 1. The molecule has 0 radical (unpaired) electrons. The number of benzene rings is 2. The van der Waals surface area contributed by atoms with Gasteiger partial charge in [-0.3, -0.25) is 4.79 Å². The lowest BCUT2D eigenvalue weighted by molar-refractivity contribution is -0.117. The third-order valence-corrected chi connectivity index (χ3v) is 2.82. The number of halogens is 1. The molecule has 17 heavy (non-hydrogen) atoms. The lowest BCUT2D eigenvalue weighted by Crippen LogP contribution is -2.07. The molecule has 0 unspecified atom stereocenters. The lowest BCUT2D eigenvalue weighted by atomic mass is 10.0. The van der Waals surface area contributed by atoms with Crippen molar-refractivity contribution in [2.24, 2.45) is 5.73 Å². The summed E-state index contributed by atoms with van der Waals surface area (Å²) in [5.74, 6) is -0.340. The van der Waals surface area contributed by atoms with Crippen molar-refractivity contribution in [3.63, 3.8) is 0 Å². The van der Waals surface area contributed by atoms with Crippen LogP contribution in [0.25, 0.3) is 16.8 Å². The molecule has 0 aliphatic carbocycles. The van der Waals surface area contributed by atoms with Crippen LogP contribution >= 0.6 is 11.6 Å². The Kier molecular flexibility index (Phi) is 3.45. The smallest absolute Gasteiger partial charge is 0.221 e. The minimum atomic E-state index is -0.340. The van der Waals surface area contributed by atoms with Crippen LogP contribution in [0.3, 0.4) is 0 Å². The highest BCUT2D eigenvalue weighted by molar-refractivity contribution is 6.36. The van der Waals surface area contributed by atoms with Crippen molar-refractivity contribution >= 4 is 34.4 Å². The van der Waals surface area contributed by atoms with Gasteiger partial charge in [-0.15, -0.1) is 0 Å². The number of primary amides is 1. The Bertz CT molecular complexity index is 585. The highest BCUT2D eigenvalue weighted by Crippen LogP contribution is 2.27. The number of carbonyl (C=O) groups is 1. The van der Waals surface area contributed by atoms with E-state index in [1.54, 1.807) is 6.08 Å². The van der Waals surface area contributed by atoms with Crippen molar-refractivity contribution in [2.75, 3.05) is 0 Å². The number of hydrogen-bond donors (Lipinski definition) is 1. The van der Waals surface area contributed by atoms with Gasteiger partial charge in [-0.2, -0.15) is 0 Å². The second kappa shape index (κ2) is 5.02. The summed E-state index contributed by atoms with van der Waals surface area (Å²) in [6.45, 7) is 0. The largest absolute Gasteiger partial charge is 0.369 e. The zero-order chi connectivity index (χ0) is 12.3. The maximum atomic E-state index is 10.7. The topological polar surface area (TPSA) is 43.1 Å². The molecule has 0 atom stereocenters. The number of fused-ring (bicyclic) bond motifs is 1. The molecule has 3 heteroatoms. The first-order valence-corrected chi connectivity index (χ1v) is 5.68. The predicted molar refractivity (Wildman–Crippen MR) is 71.8 cm³/mol. The van der Waals surface area contributed by atoms with Crippen LogP contribution in [0.2, 0.25) is 5.02 Å². The van der Waals surface area contributed by atoms with Crippen LogP contribution in [0, 0.1) is 0 Å². The molecule has 0 aliphatic heterocycles. The molecule has 2 aromatic carbocycles. The van der Waals surface area contributed by atoms with Crippen LogP contribution in [-0.4, -0.2) is 5.91 Å². The summed E-state index contributed by atoms with van der Waals surface area (Å²) >= 11 is 6.18. The molecule has 0 saturated heterocycles. The predicted octanol–water partition coefficient (Wildman–Crippen LogP) is 3.38. The molecule has 0 fully saturated rings. The molecule has 0 aromatic heterocycles. The van der Waals surface area contributed by atoms with E-state index < -0.39 is 0 Å². The Morgan fingerprint density at radius 1 is 1.24 bits per heavy atom. The quantitative estimate of drug-likeness (QED) is 0.885. The van der Waals surface area contributed by atoms with E-state index in [2.05, 4.69) is 0 Å². The number of nitrogens with two attached hydrogens (primary N) is 1. The van der Waals surface area contributed by atoms with E-state index in [1.165, 1.54) is 0 Å². The van der Waals surface area contributed by atoms with Crippen molar-refractivity contribution in [3.05, 3.63) is 53.1 Å². The first-order valence-electron chi connectivity index (χ1n) is 5.30. The second-order valence-electron chi connectivity index (χ2n) is 3.76. The summed E-state index contributed by atoms with van der Waals surface area (Å²) in [5, 5.41) is 2.79. The van der Waals surface area contributed by atoms with Crippen molar-refractivity contribution in [1.82, 2.24) is 0 Å². The maximum absolute atomic E-state index is 10.7. The first-order chi connectivity index (χ1) is 8.18. The average molecular weight is 246 g/mol. The Morgan fingerprint density at radius 2 is 1.94 bits per heavy atom. The lowest BCUT2D eigenvalue weighted by Gasteiger charge is -2.04. The standard InChI is InChI=1S/C14H12ClNO/c15-12-8-2-6-10-4-1-5-11(14(10)12)7-3-9-13(16)17/h1-8H,9H2,(H2,16,17). The molecule has 2 N–H and O–H groups in total. The summed E-state index contributed by atoms with van der Waals surface area (Å²) < 4.78 is 0. The van der Waals surface area contributed by atoms with E-state index in [0.717, 1.165) is 16.3 Å². The molecular formula is C14H12ClNO. The van der Waals surface area contributed by atoms with Gasteiger partial charge in [-0.05, 0) is 17.0 Å². The van der Waals surface area contributed by atoms with Gasteiger partial charge in [0.15, 0.2) is 0 Å². The van der Waals surface area contributed by atoms with Gasteiger partial charge in [0.1, 0.15) is 0 Å². The fourth-order valence-electron chi connectivity index (χ4n) is 1.76. The normalized spacial score (nSPS) is 11.1. The zero-order valence-electron chi connectivity index (χ0n) is 9.19. The summed E-state index contributed by atoms with van der Waals surface area (Å²) in [5.41, 5.74) is 6.08. The second-order valence-corrected chi connectivity index (χ2v) is 4.17. The average Bonchev–Trinajstić information content (AvgIpc) is 2.29. The molecule has 0 bridgehead atoms. The third kappa shape index (κ3) is 2.66. The van der Waals surface area contributed by atoms with E-state index in [-0.39, 0.29) is 12.3 Å². The Hall–Kier alpha value is -1.80. The van der Waals surface area contributed by atoms with Crippen LogP contribution in [0.5, 0.6) is 0 Å². The maximum Gasteiger partial charge on any atom is 0.221 e. The van der Waals surface area contributed by atoms with E-state index in [4.69, 9.17) is 17.3 Å². The molecule has 0 saturated carbocycles. The minimum absolute atomic E-state index is 0.237. The van der Waals surface area contributed by atoms with Gasteiger partial charge in [0.2, 0.25) is 5.91 Å². The highest BCUT2D eigenvalue weighted by Gasteiger charge is 2.01. The van der Waals surface area contributed by atoms with Crippen molar-refractivity contribution in [1.29, 1.82) is 0 Å². The molecule has 2 rings (SSSR count). The molecule has 2 nitrogen and oxygen atoms in total. The van der Waals surface area contributed by atoms with E-state index >= 15 is 0 Å². The number of rotatable bonds is 3. The van der Waals surface area contributed by atoms with Gasteiger partial charge >= 0.3 is 0 Å².